The zero-order chi connectivity index (χ0) is 25.5. The average Bonchev–Trinajstić information content (AvgIpc) is 3.45. The van der Waals surface area contributed by atoms with Gasteiger partial charge in [-0.1, -0.05) is 48.2 Å². The Hall–Kier alpha value is -3.37. The molecule has 0 atom stereocenters. The number of aromatic nitrogens is 4. The number of nitrogens with one attached hydrogen (secondary N) is 1. The fourth-order valence-corrected chi connectivity index (χ4v) is 5.27. The van der Waals surface area contributed by atoms with Crippen molar-refractivity contribution in [3.05, 3.63) is 64.8 Å². The van der Waals surface area contributed by atoms with Crippen LogP contribution in [-0.2, 0) is 17.9 Å². The molecule has 0 fully saturated rings. The molecule has 0 aliphatic heterocycles. The summed E-state index contributed by atoms with van der Waals surface area (Å²) in [7, 11) is 0. The summed E-state index contributed by atoms with van der Waals surface area (Å²) in [6.45, 7) is 9.44. The molecule has 0 aliphatic carbocycles. The number of hydrogen-bond acceptors (Lipinski definition) is 8. The van der Waals surface area contributed by atoms with E-state index in [0.717, 1.165) is 21.7 Å². The maximum absolute atomic E-state index is 12.6. The first kappa shape index (κ1) is 25.7. The minimum atomic E-state index is -0.141. The molecular formula is C26H29N5O3S2. The molecule has 2 aromatic heterocycles. The zero-order valence-corrected chi connectivity index (χ0v) is 22.4. The van der Waals surface area contributed by atoms with Gasteiger partial charge in [0.25, 0.3) is 0 Å². The normalized spacial score (nSPS) is 10.9. The first-order valence-electron chi connectivity index (χ1n) is 11.7. The fourth-order valence-electron chi connectivity index (χ4n) is 3.59. The Labute approximate surface area is 219 Å². The lowest BCUT2D eigenvalue weighted by Gasteiger charge is -2.13. The number of ether oxygens (including phenoxy) is 2. The van der Waals surface area contributed by atoms with Crippen LogP contribution >= 0.6 is 23.1 Å². The molecule has 8 nitrogen and oxygen atoms in total. The van der Waals surface area contributed by atoms with Crippen molar-refractivity contribution >= 4 is 34.1 Å². The number of thiazole rings is 1. The lowest BCUT2D eigenvalue weighted by Crippen LogP contribution is -2.14. The van der Waals surface area contributed by atoms with Crippen molar-refractivity contribution in [1.82, 2.24) is 19.7 Å². The monoisotopic (exact) mass is 523 g/mol. The number of benzene rings is 2. The molecule has 0 aliphatic rings. The Morgan fingerprint density at radius 1 is 1.06 bits per heavy atom. The van der Waals surface area contributed by atoms with E-state index in [1.807, 2.05) is 80.8 Å². The summed E-state index contributed by atoms with van der Waals surface area (Å²) >= 11 is 2.80. The van der Waals surface area contributed by atoms with E-state index in [1.54, 1.807) is 0 Å². The lowest BCUT2D eigenvalue weighted by molar-refractivity contribution is -0.113. The molecule has 10 heteroatoms. The van der Waals surface area contributed by atoms with E-state index >= 15 is 0 Å². The highest BCUT2D eigenvalue weighted by molar-refractivity contribution is 7.99. The van der Waals surface area contributed by atoms with Crippen LogP contribution in [0.15, 0.2) is 53.7 Å². The molecule has 0 saturated heterocycles. The number of nitrogens with zero attached hydrogens (tertiary/aromatic N) is 4. The van der Waals surface area contributed by atoms with Gasteiger partial charge >= 0.3 is 0 Å². The van der Waals surface area contributed by atoms with Gasteiger partial charge in [0, 0.05) is 17.0 Å². The smallest absolute Gasteiger partial charge is 0.236 e. The Morgan fingerprint density at radius 3 is 2.61 bits per heavy atom. The topological polar surface area (TPSA) is 91.2 Å². The number of hydrogen-bond donors (Lipinski definition) is 1. The summed E-state index contributed by atoms with van der Waals surface area (Å²) in [6, 6.07) is 15.8. The Morgan fingerprint density at radius 2 is 1.86 bits per heavy atom. The SMILES string of the molecule is CCOc1cc(C)ccc1OCc1nnc(SCC(=O)Nc2nc(-c3ccccc3)c(C)s2)n1CC. The summed E-state index contributed by atoms with van der Waals surface area (Å²) in [6.07, 6.45) is 0. The largest absolute Gasteiger partial charge is 0.490 e. The highest BCUT2D eigenvalue weighted by Gasteiger charge is 2.16. The number of carbonyl (C=O) groups is 1. The van der Waals surface area contributed by atoms with E-state index < -0.39 is 0 Å². The van der Waals surface area contributed by atoms with Crippen molar-refractivity contribution in [2.75, 3.05) is 17.7 Å². The van der Waals surface area contributed by atoms with Gasteiger partial charge in [-0.2, -0.15) is 0 Å². The van der Waals surface area contributed by atoms with Gasteiger partial charge < -0.3 is 19.4 Å². The predicted octanol–water partition coefficient (Wildman–Crippen LogP) is 5.75. The van der Waals surface area contributed by atoms with Gasteiger partial charge in [-0.15, -0.1) is 21.5 Å². The van der Waals surface area contributed by atoms with E-state index in [4.69, 9.17) is 9.47 Å². The summed E-state index contributed by atoms with van der Waals surface area (Å²) < 4.78 is 13.6. The van der Waals surface area contributed by atoms with Gasteiger partial charge in [-0.05, 0) is 45.4 Å². The predicted molar refractivity (Wildman–Crippen MR) is 144 cm³/mol. The number of thioether (sulfide) groups is 1. The minimum absolute atomic E-state index is 0.141. The molecule has 0 unspecified atom stereocenters. The Bertz CT molecular complexity index is 1320. The first-order valence-corrected chi connectivity index (χ1v) is 13.5. The average molecular weight is 524 g/mol. The summed E-state index contributed by atoms with van der Waals surface area (Å²) in [5.41, 5.74) is 3.02. The number of rotatable bonds is 11. The fraction of sp³-hybridized carbons (Fsp3) is 0.308. The zero-order valence-electron chi connectivity index (χ0n) is 20.8. The molecule has 0 spiro atoms. The van der Waals surface area contributed by atoms with Crippen molar-refractivity contribution in [2.24, 2.45) is 0 Å². The third-order valence-corrected chi connectivity index (χ3v) is 7.14. The second-order valence-electron chi connectivity index (χ2n) is 7.94. The second kappa shape index (κ2) is 12.0. The Balaban J connectivity index is 1.36. The molecule has 188 valence electrons. The summed E-state index contributed by atoms with van der Waals surface area (Å²) in [5, 5.41) is 12.7. The van der Waals surface area contributed by atoms with Crippen LogP contribution in [0.3, 0.4) is 0 Å². The maximum atomic E-state index is 12.6. The Kier molecular flexibility index (Phi) is 8.61. The van der Waals surface area contributed by atoms with Crippen LogP contribution in [0.4, 0.5) is 5.13 Å². The quantitative estimate of drug-likeness (QED) is 0.250. The number of aryl methyl sites for hydroxylation is 2. The maximum Gasteiger partial charge on any atom is 0.236 e. The van der Waals surface area contributed by atoms with Gasteiger partial charge in [0.15, 0.2) is 27.6 Å². The lowest BCUT2D eigenvalue weighted by atomic mass is 10.1. The van der Waals surface area contributed by atoms with Crippen molar-refractivity contribution in [2.45, 2.75) is 46.0 Å². The van der Waals surface area contributed by atoms with E-state index in [1.165, 1.54) is 23.1 Å². The number of anilines is 1. The van der Waals surface area contributed by atoms with Gasteiger partial charge in [0.1, 0.15) is 6.61 Å². The molecule has 2 heterocycles. The van der Waals surface area contributed by atoms with Gasteiger partial charge in [-0.3, -0.25) is 4.79 Å². The molecule has 2 aromatic carbocycles. The molecular weight excluding hydrogens is 494 g/mol. The van der Waals surface area contributed by atoms with Gasteiger partial charge in [-0.25, -0.2) is 4.98 Å². The van der Waals surface area contributed by atoms with Gasteiger partial charge in [0.05, 0.1) is 18.1 Å². The summed E-state index contributed by atoms with van der Waals surface area (Å²) in [5.74, 6) is 2.11. The summed E-state index contributed by atoms with van der Waals surface area (Å²) in [4.78, 5) is 18.3. The third-order valence-electron chi connectivity index (χ3n) is 5.29. The van der Waals surface area contributed by atoms with Crippen molar-refractivity contribution in [1.29, 1.82) is 0 Å². The number of carbonyl (C=O) groups excluding carboxylic acids is 1. The van der Waals surface area contributed by atoms with Crippen molar-refractivity contribution in [3.8, 4) is 22.8 Å². The van der Waals surface area contributed by atoms with Gasteiger partial charge in [0.2, 0.25) is 5.91 Å². The molecule has 1 N–H and O–H groups in total. The van der Waals surface area contributed by atoms with E-state index in [2.05, 4.69) is 20.5 Å². The van der Waals surface area contributed by atoms with Crippen molar-refractivity contribution in [3.63, 3.8) is 0 Å². The van der Waals surface area contributed by atoms with Crippen LogP contribution in [0.1, 0.15) is 30.1 Å². The molecule has 4 aromatic rings. The molecule has 4 rings (SSSR count). The minimum Gasteiger partial charge on any atom is -0.490 e. The molecule has 0 saturated carbocycles. The highest BCUT2D eigenvalue weighted by Crippen LogP contribution is 2.31. The first-order chi connectivity index (χ1) is 17.5. The van der Waals surface area contributed by atoms with Crippen LogP contribution < -0.4 is 14.8 Å². The standard InChI is InChI=1S/C26H29N5O3S2/c1-5-31-22(15-34-20-13-12-17(3)14-21(20)33-6-2)29-30-26(31)35-16-23(32)27-25-28-24(18(4)36-25)19-10-8-7-9-11-19/h7-14H,5-6,15-16H2,1-4H3,(H,27,28,32). The van der Waals surface area contributed by atoms with Crippen LogP contribution in [0.25, 0.3) is 11.3 Å². The van der Waals surface area contributed by atoms with Crippen molar-refractivity contribution < 1.29 is 14.3 Å². The van der Waals surface area contributed by atoms with Crippen LogP contribution in [0.5, 0.6) is 11.5 Å². The van der Waals surface area contributed by atoms with E-state index in [-0.39, 0.29) is 18.3 Å². The third kappa shape index (κ3) is 6.24. The molecule has 0 radical (unpaired) electrons. The molecule has 1 amide bonds. The highest BCUT2D eigenvalue weighted by atomic mass is 32.2. The second-order valence-corrected chi connectivity index (χ2v) is 10.1. The van der Waals surface area contributed by atoms with Crippen LogP contribution in [0, 0.1) is 13.8 Å². The van der Waals surface area contributed by atoms with E-state index in [0.29, 0.717) is 40.8 Å². The van der Waals surface area contributed by atoms with Crippen LogP contribution in [0.2, 0.25) is 0 Å². The van der Waals surface area contributed by atoms with Crippen LogP contribution in [-0.4, -0.2) is 38.0 Å². The molecule has 0 bridgehead atoms. The molecule has 36 heavy (non-hydrogen) atoms. The number of amides is 1. The van der Waals surface area contributed by atoms with E-state index in [9.17, 15) is 4.79 Å².